The fourth-order valence-electron chi connectivity index (χ4n) is 2.01. The highest BCUT2D eigenvalue weighted by atomic mass is 16.2. The van der Waals surface area contributed by atoms with Crippen LogP contribution in [0.1, 0.15) is 32.1 Å². The van der Waals surface area contributed by atoms with Crippen molar-refractivity contribution >= 4 is 6.03 Å². The van der Waals surface area contributed by atoms with Gasteiger partial charge in [0.15, 0.2) is 0 Å². The highest BCUT2D eigenvalue weighted by molar-refractivity contribution is 5.74. The standard InChI is InChI=1S/C15H20N4O/c1-3-12(19-15(20)16-4-2)14-17-10-13(18-14)11-8-6-5-7-9-11/h5-10,12H,3-4H2,1-2H3,(H,17,18)(H2,16,19,20)/t12-/m0/s1. The third kappa shape index (κ3) is 3.38. The SMILES string of the molecule is CCNC(=O)N[C@@H](CC)c1ncc(-c2ccccc2)[nH]1. The van der Waals surface area contributed by atoms with Crippen LogP contribution < -0.4 is 10.6 Å². The molecule has 1 atom stereocenters. The van der Waals surface area contributed by atoms with Gasteiger partial charge in [-0.25, -0.2) is 9.78 Å². The van der Waals surface area contributed by atoms with Crippen molar-refractivity contribution in [1.29, 1.82) is 0 Å². The quantitative estimate of drug-likeness (QED) is 0.783. The van der Waals surface area contributed by atoms with Gasteiger partial charge in [0.05, 0.1) is 17.9 Å². The molecule has 5 nitrogen and oxygen atoms in total. The van der Waals surface area contributed by atoms with Crippen LogP contribution in [0.2, 0.25) is 0 Å². The zero-order valence-electron chi connectivity index (χ0n) is 11.8. The number of hydrogen-bond donors (Lipinski definition) is 3. The Labute approximate surface area is 118 Å². The number of nitrogens with one attached hydrogen (secondary N) is 3. The van der Waals surface area contributed by atoms with Crippen LogP contribution in [0, 0.1) is 0 Å². The van der Waals surface area contributed by atoms with E-state index in [1.807, 2.05) is 44.2 Å². The van der Waals surface area contributed by atoms with Gasteiger partial charge in [0.25, 0.3) is 0 Å². The molecule has 0 aliphatic carbocycles. The lowest BCUT2D eigenvalue weighted by atomic mass is 10.2. The molecule has 0 saturated heterocycles. The third-order valence-corrected chi connectivity index (χ3v) is 3.06. The summed E-state index contributed by atoms with van der Waals surface area (Å²) in [4.78, 5) is 19.3. The number of hydrogen-bond acceptors (Lipinski definition) is 2. The Morgan fingerprint density at radius 2 is 2.05 bits per heavy atom. The van der Waals surface area contributed by atoms with Gasteiger partial charge in [-0.2, -0.15) is 0 Å². The molecule has 0 spiro atoms. The van der Waals surface area contributed by atoms with E-state index in [-0.39, 0.29) is 12.1 Å². The molecular weight excluding hydrogens is 252 g/mol. The van der Waals surface area contributed by atoms with Crippen LogP contribution in [-0.4, -0.2) is 22.5 Å². The zero-order valence-corrected chi connectivity index (χ0v) is 11.8. The molecule has 1 aromatic carbocycles. The summed E-state index contributed by atoms with van der Waals surface area (Å²) < 4.78 is 0. The van der Waals surface area contributed by atoms with E-state index < -0.39 is 0 Å². The average molecular weight is 272 g/mol. The minimum absolute atomic E-state index is 0.112. The summed E-state index contributed by atoms with van der Waals surface area (Å²) in [6, 6.07) is 9.72. The fourth-order valence-corrected chi connectivity index (χ4v) is 2.01. The number of urea groups is 1. The van der Waals surface area contributed by atoms with Crippen LogP contribution in [0.25, 0.3) is 11.3 Å². The van der Waals surface area contributed by atoms with E-state index in [9.17, 15) is 4.79 Å². The predicted molar refractivity (Wildman–Crippen MR) is 79.3 cm³/mol. The van der Waals surface area contributed by atoms with Crippen molar-refractivity contribution in [2.24, 2.45) is 0 Å². The van der Waals surface area contributed by atoms with Crippen LogP contribution in [0.5, 0.6) is 0 Å². The summed E-state index contributed by atoms with van der Waals surface area (Å²) in [6.45, 7) is 4.51. The normalized spacial score (nSPS) is 11.9. The molecule has 3 N–H and O–H groups in total. The minimum Gasteiger partial charge on any atom is -0.340 e. The molecule has 0 unspecified atom stereocenters. The smallest absolute Gasteiger partial charge is 0.315 e. The number of H-pyrrole nitrogens is 1. The largest absolute Gasteiger partial charge is 0.340 e. The number of rotatable bonds is 5. The van der Waals surface area contributed by atoms with Gasteiger partial charge >= 0.3 is 6.03 Å². The lowest BCUT2D eigenvalue weighted by Crippen LogP contribution is -2.37. The molecule has 1 heterocycles. The van der Waals surface area contributed by atoms with Gasteiger partial charge in [0.2, 0.25) is 0 Å². The topological polar surface area (TPSA) is 69.8 Å². The molecule has 2 amide bonds. The number of aromatic nitrogens is 2. The Balaban J connectivity index is 2.12. The van der Waals surface area contributed by atoms with E-state index in [2.05, 4.69) is 20.6 Å². The fraction of sp³-hybridized carbons (Fsp3) is 0.333. The minimum atomic E-state index is -0.169. The van der Waals surface area contributed by atoms with E-state index in [0.717, 1.165) is 23.5 Å². The molecule has 1 aromatic heterocycles. The highest BCUT2D eigenvalue weighted by Crippen LogP contribution is 2.20. The maximum absolute atomic E-state index is 11.6. The van der Waals surface area contributed by atoms with Crippen molar-refractivity contribution < 1.29 is 4.79 Å². The van der Waals surface area contributed by atoms with Crippen LogP contribution in [0.4, 0.5) is 4.79 Å². The second-order valence-electron chi connectivity index (χ2n) is 4.51. The van der Waals surface area contributed by atoms with Gasteiger partial charge in [-0.3, -0.25) is 0 Å². The first-order valence-electron chi connectivity index (χ1n) is 6.89. The van der Waals surface area contributed by atoms with Crippen molar-refractivity contribution in [2.45, 2.75) is 26.3 Å². The van der Waals surface area contributed by atoms with Crippen LogP contribution in [-0.2, 0) is 0 Å². The lowest BCUT2D eigenvalue weighted by Gasteiger charge is -2.14. The second-order valence-corrected chi connectivity index (χ2v) is 4.51. The number of amides is 2. The Morgan fingerprint density at radius 3 is 2.70 bits per heavy atom. The molecular formula is C15H20N4O. The molecule has 0 bridgehead atoms. The first-order valence-corrected chi connectivity index (χ1v) is 6.89. The van der Waals surface area contributed by atoms with Crippen LogP contribution >= 0.6 is 0 Å². The molecule has 0 radical (unpaired) electrons. The van der Waals surface area contributed by atoms with E-state index in [1.54, 1.807) is 6.20 Å². The monoisotopic (exact) mass is 272 g/mol. The molecule has 0 fully saturated rings. The maximum atomic E-state index is 11.6. The molecule has 0 aliphatic rings. The van der Waals surface area contributed by atoms with Gasteiger partial charge in [-0.05, 0) is 18.9 Å². The third-order valence-electron chi connectivity index (χ3n) is 3.06. The molecule has 2 rings (SSSR count). The van der Waals surface area contributed by atoms with Crippen molar-refractivity contribution in [3.63, 3.8) is 0 Å². The van der Waals surface area contributed by atoms with Crippen molar-refractivity contribution in [2.75, 3.05) is 6.54 Å². The first-order chi connectivity index (χ1) is 9.74. The summed E-state index contributed by atoms with van der Waals surface area (Å²) >= 11 is 0. The number of aromatic amines is 1. The Kier molecular flexibility index (Phi) is 4.76. The van der Waals surface area contributed by atoms with Crippen molar-refractivity contribution in [3.05, 3.63) is 42.4 Å². The molecule has 0 saturated carbocycles. The Bertz CT molecular complexity index is 550. The Hall–Kier alpha value is -2.30. The second kappa shape index (κ2) is 6.75. The molecule has 20 heavy (non-hydrogen) atoms. The lowest BCUT2D eigenvalue weighted by molar-refractivity contribution is 0.236. The first kappa shape index (κ1) is 14.1. The number of imidazole rings is 1. The van der Waals surface area contributed by atoms with Gasteiger partial charge in [0.1, 0.15) is 5.82 Å². The van der Waals surface area contributed by atoms with Crippen molar-refractivity contribution in [1.82, 2.24) is 20.6 Å². The Morgan fingerprint density at radius 1 is 1.30 bits per heavy atom. The molecule has 106 valence electrons. The summed E-state index contributed by atoms with van der Waals surface area (Å²) in [7, 11) is 0. The number of nitrogens with zero attached hydrogens (tertiary/aromatic N) is 1. The van der Waals surface area contributed by atoms with E-state index in [1.165, 1.54) is 0 Å². The average Bonchev–Trinajstić information content (AvgIpc) is 2.95. The number of benzene rings is 1. The predicted octanol–water partition coefficient (Wildman–Crippen LogP) is 2.85. The van der Waals surface area contributed by atoms with E-state index in [0.29, 0.717) is 6.54 Å². The summed E-state index contributed by atoms with van der Waals surface area (Å²) in [5.74, 6) is 0.776. The molecule has 2 aromatic rings. The van der Waals surface area contributed by atoms with Crippen molar-refractivity contribution in [3.8, 4) is 11.3 Å². The number of carbonyl (C=O) groups excluding carboxylic acids is 1. The van der Waals surface area contributed by atoms with Gasteiger partial charge in [0, 0.05) is 6.54 Å². The number of carbonyl (C=O) groups is 1. The zero-order chi connectivity index (χ0) is 14.4. The van der Waals surface area contributed by atoms with Crippen LogP contribution in [0.3, 0.4) is 0 Å². The van der Waals surface area contributed by atoms with Gasteiger partial charge in [-0.15, -0.1) is 0 Å². The summed E-state index contributed by atoms with van der Waals surface area (Å²) in [5.41, 5.74) is 2.04. The van der Waals surface area contributed by atoms with Gasteiger partial charge in [-0.1, -0.05) is 37.3 Å². The molecule has 5 heteroatoms. The summed E-state index contributed by atoms with van der Waals surface area (Å²) in [6.07, 6.45) is 2.58. The van der Waals surface area contributed by atoms with E-state index >= 15 is 0 Å². The van der Waals surface area contributed by atoms with E-state index in [4.69, 9.17) is 0 Å². The maximum Gasteiger partial charge on any atom is 0.315 e. The molecule has 0 aliphatic heterocycles. The van der Waals surface area contributed by atoms with Gasteiger partial charge < -0.3 is 15.6 Å². The summed E-state index contributed by atoms with van der Waals surface area (Å²) in [5, 5.41) is 5.63. The van der Waals surface area contributed by atoms with Crippen LogP contribution in [0.15, 0.2) is 36.5 Å². The highest BCUT2D eigenvalue weighted by Gasteiger charge is 2.15.